The fourth-order valence-corrected chi connectivity index (χ4v) is 1.76. The van der Waals surface area contributed by atoms with E-state index in [1.54, 1.807) is 24.3 Å². The molecule has 0 fully saturated rings. The highest BCUT2D eigenvalue weighted by molar-refractivity contribution is 6.28. The Morgan fingerprint density at radius 3 is 2.90 bits per heavy atom. The van der Waals surface area contributed by atoms with Crippen LogP contribution < -0.4 is 5.32 Å². The summed E-state index contributed by atoms with van der Waals surface area (Å²) in [7, 11) is 0. The molecule has 2 heterocycles. The van der Waals surface area contributed by atoms with Crippen LogP contribution >= 0.6 is 11.6 Å². The van der Waals surface area contributed by atoms with E-state index < -0.39 is 0 Å². The summed E-state index contributed by atoms with van der Waals surface area (Å²) >= 11 is 5.88. The third kappa shape index (κ3) is 2.93. The van der Waals surface area contributed by atoms with Crippen LogP contribution in [0.4, 0.5) is 11.6 Å². The monoisotopic (exact) mass is 298 g/mol. The molecule has 3 aromatic rings. The second-order valence-electron chi connectivity index (χ2n) is 3.89. The van der Waals surface area contributed by atoms with E-state index in [1.807, 2.05) is 0 Å². The lowest BCUT2D eigenvalue weighted by atomic mass is 10.2. The van der Waals surface area contributed by atoms with Crippen LogP contribution in [0, 0.1) is 11.3 Å². The standard InChI is InChI=1S/C12H7ClN8/c13-10-18-11(17-9-3-1-2-8(4-9)5-14)20-12(19-10)21-7-15-6-16-21/h1-4,6-7H,(H,17,18,19,20). The number of hydrogen-bond donors (Lipinski definition) is 1. The van der Waals surface area contributed by atoms with Crippen molar-refractivity contribution in [1.82, 2.24) is 29.7 Å². The topological polar surface area (TPSA) is 105 Å². The average molecular weight is 299 g/mol. The third-order valence-electron chi connectivity index (χ3n) is 2.47. The number of benzene rings is 1. The molecule has 8 nitrogen and oxygen atoms in total. The molecule has 0 radical (unpaired) electrons. The van der Waals surface area contributed by atoms with Crippen molar-refractivity contribution >= 4 is 23.2 Å². The molecule has 0 saturated carbocycles. The minimum atomic E-state index is 0.0226. The van der Waals surface area contributed by atoms with E-state index in [2.05, 4.69) is 36.4 Å². The Kier molecular flexibility index (Phi) is 3.41. The zero-order chi connectivity index (χ0) is 14.7. The first-order valence-electron chi connectivity index (χ1n) is 5.78. The van der Waals surface area contributed by atoms with Gasteiger partial charge in [-0.1, -0.05) is 6.07 Å². The van der Waals surface area contributed by atoms with Crippen LogP contribution in [0.2, 0.25) is 5.28 Å². The van der Waals surface area contributed by atoms with Crippen molar-refractivity contribution in [2.75, 3.05) is 5.32 Å². The normalized spacial score (nSPS) is 10.1. The van der Waals surface area contributed by atoms with Crippen LogP contribution in [-0.2, 0) is 0 Å². The second-order valence-corrected chi connectivity index (χ2v) is 4.22. The number of nitriles is 1. The number of halogens is 1. The smallest absolute Gasteiger partial charge is 0.258 e. The highest BCUT2D eigenvalue weighted by Gasteiger charge is 2.08. The molecule has 1 aromatic carbocycles. The summed E-state index contributed by atoms with van der Waals surface area (Å²) in [5.74, 6) is 0.488. The van der Waals surface area contributed by atoms with Gasteiger partial charge in [-0.2, -0.15) is 30.0 Å². The number of aromatic nitrogens is 6. The van der Waals surface area contributed by atoms with E-state index in [0.717, 1.165) is 0 Å². The minimum absolute atomic E-state index is 0.0226. The van der Waals surface area contributed by atoms with E-state index >= 15 is 0 Å². The van der Waals surface area contributed by atoms with Gasteiger partial charge < -0.3 is 5.32 Å². The molecule has 102 valence electrons. The van der Waals surface area contributed by atoms with Gasteiger partial charge in [-0.3, -0.25) is 0 Å². The molecule has 0 aliphatic rings. The zero-order valence-electron chi connectivity index (χ0n) is 10.5. The minimum Gasteiger partial charge on any atom is -0.324 e. The highest BCUT2D eigenvalue weighted by atomic mass is 35.5. The summed E-state index contributed by atoms with van der Waals surface area (Å²) in [4.78, 5) is 15.9. The van der Waals surface area contributed by atoms with Gasteiger partial charge in [0, 0.05) is 5.69 Å². The number of nitrogens with zero attached hydrogens (tertiary/aromatic N) is 7. The average Bonchev–Trinajstić information content (AvgIpc) is 3.01. The summed E-state index contributed by atoms with van der Waals surface area (Å²) < 4.78 is 1.37. The Hall–Kier alpha value is -3.05. The van der Waals surface area contributed by atoms with E-state index in [9.17, 15) is 0 Å². The maximum Gasteiger partial charge on any atom is 0.258 e. The Balaban J connectivity index is 1.94. The maximum absolute atomic E-state index is 8.88. The molecule has 0 aliphatic carbocycles. The molecule has 3 rings (SSSR count). The summed E-state index contributed by atoms with van der Waals surface area (Å²) in [5.41, 5.74) is 1.19. The quantitative estimate of drug-likeness (QED) is 0.784. The summed E-state index contributed by atoms with van der Waals surface area (Å²) in [6.07, 6.45) is 2.81. The van der Waals surface area contributed by atoms with Crippen LogP contribution in [0.3, 0.4) is 0 Å². The first kappa shape index (κ1) is 13.0. The van der Waals surface area contributed by atoms with E-state index in [-0.39, 0.29) is 17.2 Å². The number of nitrogens with one attached hydrogen (secondary N) is 1. The Morgan fingerprint density at radius 2 is 2.14 bits per heavy atom. The number of rotatable bonds is 3. The number of anilines is 2. The summed E-state index contributed by atoms with van der Waals surface area (Å²) in [5, 5.41) is 15.8. The molecule has 0 atom stereocenters. The molecule has 0 amide bonds. The van der Waals surface area contributed by atoms with Gasteiger partial charge in [0.2, 0.25) is 11.2 Å². The second kappa shape index (κ2) is 5.52. The van der Waals surface area contributed by atoms with Crippen LogP contribution in [0.25, 0.3) is 5.95 Å². The molecular formula is C12H7ClN8. The first-order chi connectivity index (χ1) is 10.2. The molecule has 1 N–H and O–H groups in total. The lowest BCUT2D eigenvalue weighted by Gasteiger charge is -2.06. The molecule has 0 aliphatic heterocycles. The van der Waals surface area contributed by atoms with E-state index in [0.29, 0.717) is 11.3 Å². The number of hydrogen-bond acceptors (Lipinski definition) is 7. The lowest BCUT2D eigenvalue weighted by Crippen LogP contribution is -2.07. The largest absolute Gasteiger partial charge is 0.324 e. The molecular weight excluding hydrogens is 292 g/mol. The van der Waals surface area contributed by atoms with Crippen molar-refractivity contribution in [1.29, 1.82) is 5.26 Å². The maximum atomic E-state index is 8.88. The molecule has 21 heavy (non-hydrogen) atoms. The van der Waals surface area contributed by atoms with Crippen molar-refractivity contribution in [3.63, 3.8) is 0 Å². The highest BCUT2D eigenvalue weighted by Crippen LogP contribution is 2.16. The predicted molar refractivity (Wildman–Crippen MR) is 74.2 cm³/mol. The molecule has 0 spiro atoms. The Bertz CT molecular complexity index is 808. The van der Waals surface area contributed by atoms with Gasteiger partial charge >= 0.3 is 0 Å². The molecule has 2 aromatic heterocycles. The first-order valence-corrected chi connectivity index (χ1v) is 6.16. The van der Waals surface area contributed by atoms with E-state index in [4.69, 9.17) is 16.9 Å². The molecule has 9 heteroatoms. The van der Waals surface area contributed by atoms with E-state index in [1.165, 1.54) is 17.3 Å². The van der Waals surface area contributed by atoms with Crippen molar-refractivity contribution in [2.24, 2.45) is 0 Å². The Labute approximate surface area is 124 Å². The summed E-state index contributed by atoms with van der Waals surface area (Å²) in [6, 6.07) is 8.97. The molecule has 0 saturated heterocycles. The van der Waals surface area contributed by atoms with Crippen LogP contribution in [0.15, 0.2) is 36.9 Å². The predicted octanol–water partition coefficient (Wildman–Crippen LogP) is 1.72. The third-order valence-corrected chi connectivity index (χ3v) is 2.64. The van der Waals surface area contributed by atoms with Gasteiger partial charge in [0.05, 0.1) is 11.6 Å². The van der Waals surface area contributed by atoms with Crippen molar-refractivity contribution < 1.29 is 0 Å². The summed E-state index contributed by atoms with van der Waals surface area (Å²) in [6.45, 7) is 0. The van der Waals surface area contributed by atoms with Gasteiger partial charge in [0.25, 0.3) is 5.95 Å². The van der Waals surface area contributed by atoms with Crippen LogP contribution in [0.5, 0.6) is 0 Å². The lowest BCUT2D eigenvalue weighted by molar-refractivity contribution is 0.796. The van der Waals surface area contributed by atoms with Gasteiger partial charge in [-0.05, 0) is 29.8 Å². The fourth-order valence-electron chi connectivity index (χ4n) is 1.61. The zero-order valence-corrected chi connectivity index (χ0v) is 11.2. The van der Waals surface area contributed by atoms with Gasteiger partial charge in [-0.25, -0.2) is 4.98 Å². The molecule has 0 bridgehead atoms. The van der Waals surface area contributed by atoms with Gasteiger partial charge in [-0.15, -0.1) is 0 Å². The molecule has 0 unspecified atom stereocenters. The fraction of sp³-hybridized carbons (Fsp3) is 0. The van der Waals surface area contributed by atoms with Gasteiger partial charge in [0.1, 0.15) is 12.7 Å². The van der Waals surface area contributed by atoms with Crippen LogP contribution in [0.1, 0.15) is 5.56 Å². The van der Waals surface area contributed by atoms with Gasteiger partial charge in [0.15, 0.2) is 0 Å². The Morgan fingerprint density at radius 1 is 1.24 bits per heavy atom. The van der Waals surface area contributed by atoms with Crippen molar-refractivity contribution in [2.45, 2.75) is 0 Å². The van der Waals surface area contributed by atoms with Crippen LogP contribution in [-0.4, -0.2) is 29.7 Å². The van der Waals surface area contributed by atoms with Crippen molar-refractivity contribution in [3.05, 3.63) is 47.8 Å². The van der Waals surface area contributed by atoms with Crippen molar-refractivity contribution in [3.8, 4) is 12.0 Å². The SMILES string of the molecule is N#Cc1cccc(Nc2nc(Cl)nc(-n3cncn3)n2)c1.